The summed E-state index contributed by atoms with van der Waals surface area (Å²) in [6.45, 7) is 10.2. The van der Waals surface area contributed by atoms with Gasteiger partial charge in [0.05, 0.1) is 0 Å². The molecule has 2 radical (unpaired) electrons. The molecule has 3 unspecified atom stereocenters. The van der Waals surface area contributed by atoms with Crippen molar-refractivity contribution in [2.45, 2.75) is 19.3 Å². The van der Waals surface area contributed by atoms with Crippen LogP contribution < -0.4 is 15.3 Å². The summed E-state index contributed by atoms with van der Waals surface area (Å²) in [7, 11) is 0. The minimum Gasteiger partial charge on any atom is -0.550 e. The largest absolute Gasteiger partial charge is 3.00 e. The van der Waals surface area contributed by atoms with Crippen LogP contribution in [-0.2, 0) is 14.4 Å². The fraction of sp³-hybridized carbons (Fsp3) is 0.500. The Morgan fingerprint density at radius 1 is 0.643 bits per heavy atom. The molecule has 3 atom stereocenters. The van der Waals surface area contributed by atoms with Crippen molar-refractivity contribution in [3.8, 4) is 0 Å². The van der Waals surface area contributed by atoms with Crippen LogP contribution in [0.1, 0.15) is 19.3 Å². The van der Waals surface area contributed by atoms with Crippen molar-refractivity contribution in [1.29, 1.82) is 0 Å². The van der Waals surface area contributed by atoms with E-state index >= 15 is 0 Å². The zero-order valence-corrected chi connectivity index (χ0v) is 20.8. The van der Waals surface area contributed by atoms with E-state index in [1.807, 2.05) is 0 Å². The quantitative estimate of drug-likeness (QED) is 0.164. The monoisotopic (exact) mass is 556 g/mol. The molecular formula is C18H27O6S3Sb. The number of hydrogen-bond donors (Lipinski definition) is 3. The third kappa shape index (κ3) is 21.8. The van der Waals surface area contributed by atoms with Crippen LogP contribution in [0.3, 0.4) is 0 Å². The van der Waals surface area contributed by atoms with Crippen LogP contribution in [0.15, 0.2) is 38.0 Å². The number of rotatable bonds is 12. The van der Waals surface area contributed by atoms with Crippen molar-refractivity contribution in [2.75, 3.05) is 17.3 Å². The predicted octanol–water partition coefficient (Wildman–Crippen LogP) is -0.806. The summed E-state index contributed by atoms with van der Waals surface area (Å²) in [4.78, 5) is 30.3. The van der Waals surface area contributed by atoms with E-state index in [9.17, 15) is 29.7 Å². The number of hydrogen-bond acceptors (Lipinski definition) is 9. The second kappa shape index (κ2) is 24.5. The second-order valence-corrected chi connectivity index (χ2v) is 6.26. The molecule has 0 aromatic rings. The van der Waals surface area contributed by atoms with E-state index in [4.69, 9.17) is 0 Å². The van der Waals surface area contributed by atoms with Gasteiger partial charge in [-0.2, -0.15) is 37.9 Å². The number of carboxylic acids is 3. The Labute approximate surface area is 201 Å². The van der Waals surface area contributed by atoms with E-state index in [0.717, 1.165) is 0 Å². The van der Waals surface area contributed by atoms with Crippen LogP contribution >= 0.6 is 37.9 Å². The van der Waals surface area contributed by atoms with Gasteiger partial charge in [-0.05, 0) is 36.5 Å². The van der Waals surface area contributed by atoms with Crippen LogP contribution in [0.4, 0.5) is 0 Å². The molecule has 0 saturated carbocycles. The minimum absolute atomic E-state index is 0. The fourth-order valence-electron chi connectivity index (χ4n) is 1.34. The van der Waals surface area contributed by atoms with Crippen LogP contribution in [0, 0.1) is 17.8 Å². The van der Waals surface area contributed by atoms with Crippen molar-refractivity contribution in [1.82, 2.24) is 0 Å². The molecule has 158 valence electrons. The first-order valence-electron chi connectivity index (χ1n) is 7.94. The molecule has 28 heavy (non-hydrogen) atoms. The van der Waals surface area contributed by atoms with E-state index in [1.165, 1.54) is 0 Å². The standard InChI is InChI=1S/3C6H10O2S.Sb/c3*1-2-3-5(4-9)6(7)8;/h3*2,5,9H,1,3-4H2,(H,7,8);/q;;;+3/p-3. The molecule has 0 fully saturated rings. The van der Waals surface area contributed by atoms with Crippen molar-refractivity contribution >= 4 is 80.2 Å². The van der Waals surface area contributed by atoms with Gasteiger partial charge in [-0.3, -0.25) is 0 Å². The van der Waals surface area contributed by atoms with Crippen LogP contribution in [0.5, 0.6) is 0 Å². The summed E-state index contributed by atoms with van der Waals surface area (Å²) in [5, 5.41) is 30.3. The smallest absolute Gasteiger partial charge is 0.550 e. The maximum Gasteiger partial charge on any atom is 3.00 e. The van der Waals surface area contributed by atoms with Gasteiger partial charge in [0.2, 0.25) is 0 Å². The Morgan fingerprint density at radius 2 is 0.821 bits per heavy atom. The normalized spacial score (nSPS) is 12.1. The summed E-state index contributed by atoms with van der Waals surface area (Å²) in [5.74, 6) is -3.65. The molecule has 6 nitrogen and oxygen atoms in total. The Balaban J connectivity index is -0.000000152. The summed E-state index contributed by atoms with van der Waals surface area (Å²) in [6, 6.07) is 0. The molecule has 0 spiro atoms. The summed E-state index contributed by atoms with van der Waals surface area (Å²) in [6.07, 6.45) is 5.97. The zero-order chi connectivity index (χ0) is 21.8. The maximum atomic E-state index is 10.1. The SMILES string of the molecule is C=CCC(CS)C(=O)[O-].C=CCC(CS)C(=O)[O-].C=CCC(CS)C(=O)[O-].[Sb+3]. The van der Waals surface area contributed by atoms with Gasteiger partial charge < -0.3 is 29.7 Å². The van der Waals surface area contributed by atoms with Gasteiger partial charge in [0.25, 0.3) is 0 Å². The first-order valence-corrected chi connectivity index (χ1v) is 9.84. The van der Waals surface area contributed by atoms with Gasteiger partial charge in [-0.25, -0.2) is 0 Å². The number of thiol groups is 3. The molecule has 10 heteroatoms. The Kier molecular flexibility index (Phi) is 30.6. The van der Waals surface area contributed by atoms with E-state index in [0.29, 0.717) is 36.5 Å². The molecule has 0 aromatic heterocycles. The van der Waals surface area contributed by atoms with Crippen LogP contribution in [0.25, 0.3) is 0 Å². The predicted molar refractivity (Wildman–Crippen MR) is 117 cm³/mol. The average molecular weight is 557 g/mol. The van der Waals surface area contributed by atoms with Crippen molar-refractivity contribution < 1.29 is 29.7 Å². The first-order chi connectivity index (χ1) is 12.7. The second-order valence-electron chi connectivity index (χ2n) is 5.17. The van der Waals surface area contributed by atoms with Crippen molar-refractivity contribution in [2.24, 2.45) is 17.8 Å². The van der Waals surface area contributed by atoms with Gasteiger partial charge in [-0.15, -0.1) is 19.7 Å². The van der Waals surface area contributed by atoms with Crippen LogP contribution in [0.2, 0.25) is 0 Å². The average Bonchev–Trinajstić information content (AvgIpc) is 2.62. The molecule has 0 aliphatic carbocycles. The number of aliphatic carboxylic acids is 3. The Morgan fingerprint density at radius 3 is 0.857 bits per heavy atom. The van der Waals surface area contributed by atoms with Gasteiger partial charge in [0.1, 0.15) is 0 Å². The minimum atomic E-state index is -1.05. The molecule has 0 bridgehead atoms. The van der Waals surface area contributed by atoms with Gasteiger partial charge >= 0.3 is 24.4 Å². The number of allylic oxidation sites excluding steroid dienone is 3. The number of carbonyl (C=O) groups excluding carboxylic acids is 3. The van der Waals surface area contributed by atoms with E-state index in [1.54, 1.807) is 18.2 Å². The van der Waals surface area contributed by atoms with Gasteiger partial charge in [-0.1, -0.05) is 18.2 Å². The summed E-state index contributed by atoms with van der Waals surface area (Å²) < 4.78 is 0. The van der Waals surface area contributed by atoms with Crippen molar-refractivity contribution in [3.05, 3.63) is 38.0 Å². The first kappa shape index (κ1) is 35.0. The summed E-state index contributed by atoms with van der Waals surface area (Å²) >= 11 is 11.5. The molecule has 0 N–H and O–H groups in total. The van der Waals surface area contributed by atoms with Gasteiger partial charge in [0, 0.05) is 35.7 Å². The molecule has 0 saturated heterocycles. The van der Waals surface area contributed by atoms with E-state index in [2.05, 4.69) is 57.6 Å². The zero-order valence-electron chi connectivity index (χ0n) is 15.6. The molecule has 0 amide bonds. The molecule has 0 aliphatic rings. The number of carboxylic acid groups (broad SMARTS) is 3. The summed E-state index contributed by atoms with van der Waals surface area (Å²) in [5.41, 5.74) is 0. The van der Waals surface area contributed by atoms with Gasteiger partial charge in [0.15, 0.2) is 0 Å². The maximum absolute atomic E-state index is 10.1. The fourth-order valence-corrected chi connectivity index (χ4v) is 2.23. The van der Waals surface area contributed by atoms with Crippen LogP contribution in [-0.4, -0.2) is 59.6 Å². The molecule has 0 rings (SSSR count). The third-order valence-corrected chi connectivity index (χ3v) is 4.34. The topological polar surface area (TPSA) is 120 Å². The Hall–Kier alpha value is -0.502. The van der Waals surface area contributed by atoms with Crippen molar-refractivity contribution in [3.63, 3.8) is 0 Å². The molecule has 0 heterocycles. The third-order valence-electron chi connectivity index (χ3n) is 3.01. The Bertz CT molecular complexity index is 408. The molecule has 0 aliphatic heterocycles. The number of carbonyl (C=O) groups is 3. The molecular weight excluding hydrogens is 530 g/mol. The molecule has 0 aromatic carbocycles. The van der Waals surface area contributed by atoms with E-state index in [-0.39, 0.29) is 24.4 Å². The van der Waals surface area contributed by atoms with E-state index < -0.39 is 35.7 Å².